The van der Waals surface area contributed by atoms with E-state index in [1.807, 2.05) is 0 Å². The number of aromatic hydroxyl groups is 1. The van der Waals surface area contributed by atoms with Crippen molar-refractivity contribution >= 4 is 17.2 Å². The number of rotatable bonds is 6. The van der Waals surface area contributed by atoms with E-state index < -0.39 is 34.9 Å². The molecule has 0 fully saturated rings. The van der Waals surface area contributed by atoms with Crippen LogP contribution in [-0.4, -0.2) is 56.5 Å². The Morgan fingerprint density at radius 2 is 1.95 bits per heavy atom. The van der Waals surface area contributed by atoms with E-state index in [4.69, 9.17) is 4.74 Å². The Labute approximate surface area is 219 Å². The maximum Gasteiger partial charge on any atom is 0.278 e. The predicted molar refractivity (Wildman–Crippen MR) is 135 cm³/mol. The molecule has 1 atom stereocenters. The van der Waals surface area contributed by atoms with Gasteiger partial charge in [-0.2, -0.15) is 0 Å². The third-order valence-electron chi connectivity index (χ3n) is 6.23. The highest BCUT2D eigenvalue weighted by atomic mass is 32.1. The molecule has 0 saturated heterocycles. The van der Waals surface area contributed by atoms with Crippen molar-refractivity contribution in [2.24, 2.45) is 0 Å². The van der Waals surface area contributed by atoms with E-state index in [0.29, 0.717) is 16.6 Å². The minimum Gasteiger partial charge on any atom is -0.502 e. The molecule has 5 rings (SSSR count). The van der Waals surface area contributed by atoms with Crippen molar-refractivity contribution in [3.63, 3.8) is 0 Å². The molecule has 13 heteroatoms. The van der Waals surface area contributed by atoms with Crippen molar-refractivity contribution in [2.75, 3.05) is 25.7 Å². The number of fused-ring (bicyclic) bond motifs is 1. The standard InChI is InChI=1S/C25H22F2N6O4S/c1-4-32-24(17-6-5-7-18(28-17)37-3)31(2)33-12-15(21(34)22(35)20(33)25(32)36)23-30-29-19(38-23)10-13-8-9-14(26)11-16(13)27/h5-9,11-12,24,35H,4,10H2,1-3H3. The van der Waals surface area contributed by atoms with Crippen LogP contribution in [0.15, 0.2) is 47.4 Å². The van der Waals surface area contributed by atoms with Gasteiger partial charge in [-0.15, -0.1) is 10.2 Å². The Balaban J connectivity index is 1.57. The van der Waals surface area contributed by atoms with Crippen molar-refractivity contribution < 1.29 is 23.4 Å². The molecule has 0 spiro atoms. The first kappa shape index (κ1) is 25.3. The summed E-state index contributed by atoms with van der Waals surface area (Å²) in [5, 5.41) is 21.2. The number of hydrogen-bond donors (Lipinski definition) is 1. The van der Waals surface area contributed by atoms with Gasteiger partial charge in [0.25, 0.3) is 5.91 Å². The van der Waals surface area contributed by atoms with Gasteiger partial charge in [-0.3, -0.25) is 19.3 Å². The van der Waals surface area contributed by atoms with Gasteiger partial charge in [0.1, 0.15) is 16.6 Å². The molecule has 0 bridgehead atoms. The topological polar surface area (TPSA) is 114 Å². The molecule has 196 valence electrons. The first-order valence-electron chi connectivity index (χ1n) is 11.5. The van der Waals surface area contributed by atoms with Gasteiger partial charge < -0.3 is 14.7 Å². The highest BCUT2D eigenvalue weighted by Crippen LogP contribution is 2.34. The number of pyridine rings is 2. The molecule has 1 aliphatic heterocycles. The Kier molecular flexibility index (Phi) is 6.53. The third-order valence-corrected chi connectivity index (χ3v) is 7.19. The van der Waals surface area contributed by atoms with Crippen LogP contribution in [0.3, 0.4) is 0 Å². The average Bonchev–Trinajstić information content (AvgIpc) is 3.37. The number of aromatic nitrogens is 4. The van der Waals surface area contributed by atoms with Gasteiger partial charge in [0, 0.05) is 38.3 Å². The normalized spacial score (nSPS) is 15.1. The summed E-state index contributed by atoms with van der Waals surface area (Å²) in [6, 6.07) is 8.44. The van der Waals surface area contributed by atoms with Crippen molar-refractivity contribution in [1.82, 2.24) is 24.8 Å². The van der Waals surface area contributed by atoms with E-state index in [9.17, 15) is 23.5 Å². The average molecular weight is 541 g/mol. The number of nitrogens with zero attached hydrogens (tertiary/aromatic N) is 6. The highest BCUT2D eigenvalue weighted by molar-refractivity contribution is 7.14. The molecule has 1 aliphatic rings. The van der Waals surface area contributed by atoms with Gasteiger partial charge in [-0.25, -0.2) is 13.8 Å². The molecule has 0 aliphatic carbocycles. The second kappa shape index (κ2) is 9.82. The Morgan fingerprint density at radius 3 is 2.66 bits per heavy atom. The summed E-state index contributed by atoms with van der Waals surface area (Å²) >= 11 is 1.03. The number of hydrogen-bond acceptors (Lipinski definition) is 9. The molecule has 10 nitrogen and oxygen atoms in total. The van der Waals surface area contributed by atoms with Gasteiger partial charge in [0.15, 0.2) is 22.6 Å². The van der Waals surface area contributed by atoms with Gasteiger partial charge in [-0.05, 0) is 24.6 Å². The first-order valence-corrected chi connectivity index (χ1v) is 12.4. The molecule has 3 aromatic heterocycles. The number of carbonyl (C=O) groups excluding carboxylic acids is 1. The lowest BCUT2D eigenvalue weighted by Gasteiger charge is -2.44. The zero-order valence-corrected chi connectivity index (χ0v) is 21.4. The van der Waals surface area contributed by atoms with Gasteiger partial charge in [0.05, 0.1) is 18.4 Å². The van der Waals surface area contributed by atoms with E-state index in [-0.39, 0.29) is 34.8 Å². The highest BCUT2D eigenvalue weighted by Gasteiger charge is 2.40. The molecule has 1 aromatic carbocycles. The van der Waals surface area contributed by atoms with Crippen LogP contribution in [0.25, 0.3) is 10.6 Å². The predicted octanol–water partition coefficient (Wildman–Crippen LogP) is 3.09. The zero-order chi connectivity index (χ0) is 27.1. The molecule has 1 amide bonds. The van der Waals surface area contributed by atoms with Crippen LogP contribution in [0.2, 0.25) is 0 Å². The number of carbonyl (C=O) groups is 1. The Morgan fingerprint density at radius 1 is 1.16 bits per heavy atom. The maximum absolute atomic E-state index is 14.1. The number of benzene rings is 1. The lowest BCUT2D eigenvalue weighted by Crippen LogP contribution is -2.54. The minimum atomic E-state index is -0.789. The van der Waals surface area contributed by atoms with E-state index >= 15 is 0 Å². The zero-order valence-electron chi connectivity index (χ0n) is 20.6. The number of methoxy groups -OCH3 is 1. The second-order valence-electron chi connectivity index (χ2n) is 8.47. The fraction of sp³-hybridized carbons (Fsp3) is 0.240. The van der Waals surface area contributed by atoms with Crippen LogP contribution < -0.4 is 15.2 Å². The van der Waals surface area contributed by atoms with Crippen LogP contribution in [0.1, 0.15) is 39.8 Å². The fourth-order valence-corrected chi connectivity index (χ4v) is 5.24. The lowest BCUT2D eigenvalue weighted by molar-refractivity contribution is 0.0583. The summed E-state index contributed by atoms with van der Waals surface area (Å²) in [7, 11) is 3.19. The molecule has 4 heterocycles. The van der Waals surface area contributed by atoms with Crippen LogP contribution in [-0.2, 0) is 6.42 Å². The lowest BCUT2D eigenvalue weighted by atomic mass is 10.1. The van der Waals surface area contributed by atoms with Crippen molar-refractivity contribution in [2.45, 2.75) is 19.5 Å². The summed E-state index contributed by atoms with van der Waals surface area (Å²) in [6.45, 7) is 2.06. The Bertz CT molecular complexity index is 1610. The quantitative estimate of drug-likeness (QED) is 0.397. The van der Waals surface area contributed by atoms with E-state index in [2.05, 4.69) is 15.2 Å². The van der Waals surface area contributed by atoms with Crippen LogP contribution in [0, 0.1) is 11.6 Å². The number of halogens is 2. The van der Waals surface area contributed by atoms with Gasteiger partial charge in [-0.1, -0.05) is 23.5 Å². The molecular weight excluding hydrogens is 518 g/mol. The number of amides is 1. The first-order chi connectivity index (χ1) is 18.2. The Hall–Kier alpha value is -4.39. The molecule has 0 saturated carbocycles. The van der Waals surface area contributed by atoms with Crippen molar-refractivity contribution in [3.8, 4) is 22.2 Å². The van der Waals surface area contributed by atoms with Crippen LogP contribution in [0.4, 0.5) is 8.78 Å². The molecule has 4 aromatic rings. The molecular formula is C25H22F2N6O4S. The summed E-state index contributed by atoms with van der Waals surface area (Å²) in [4.78, 5) is 32.5. The molecule has 1 N–H and O–H groups in total. The maximum atomic E-state index is 14.1. The largest absolute Gasteiger partial charge is 0.502 e. The molecule has 1 unspecified atom stereocenters. The van der Waals surface area contributed by atoms with Gasteiger partial charge >= 0.3 is 0 Å². The minimum absolute atomic E-state index is 0.0107. The van der Waals surface area contributed by atoms with Crippen molar-refractivity contribution in [3.05, 3.63) is 86.4 Å². The van der Waals surface area contributed by atoms with E-state index in [1.165, 1.54) is 28.9 Å². The molecule has 38 heavy (non-hydrogen) atoms. The summed E-state index contributed by atoms with van der Waals surface area (Å²) < 4.78 is 34.0. The SMILES string of the molecule is CCN1C(=O)c2c(O)c(=O)c(-c3nnc(Cc4ccc(F)cc4F)s3)cn2N(C)C1c1cccc(OC)n1. The van der Waals surface area contributed by atoms with Crippen LogP contribution >= 0.6 is 11.3 Å². The van der Waals surface area contributed by atoms with Gasteiger partial charge in [0.2, 0.25) is 11.3 Å². The summed E-state index contributed by atoms with van der Waals surface area (Å²) in [5.41, 5.74) is -0.232. The smallest absolute Gasteiger partial charge is 0.278 e. The second-order valence-corrected chi connectivity index (χ2v) is 9.53. The third kappa shape index (κ3) is 4.24. The van der Waals surface area contributed by atoms with E-state index in [0.717, 1.165) is 23.5 Å². The fourth-order valence-electron chi connectivity index (χ4n) is 4.37. The molecule has 0 radical (unpaired) electrons. The summed E-state index contributed by atoms with van der Waals surface area (Å²) in [5.74, 6) is -2.31. The van der Waals surface area contributed by atoms with Crippen molar-refractivity contribution in [1.29, 1.82) is 0 Å². The van der Waals surface area contributed by atoms with E-state index in [1.54, 1.807) is 37.2 Å². The van der Waals surface area contributed by atoms with Crippen LogP contribution in [0.5, 0.6) is 11.6 Å². The monoisotopic (exact) mass is 540 g/mol. The summed E-state index contributed by atoms with van der Waals surface area (Å²) in [6.07, 6.45) is 0.782. The number of ether oxygens (including phenoxy) is 1.